The lowest BCUT2D eigenvalue weighted by Crippen LogP contribution is -2.62. The minimum absolute atomic E-state index is 0.194. The number of anilines is 1. The zero-order chi connectivity index (χ0) is 16.1. The van der Waals surface area contributed by atoms with Crippen molar-refractivity contribution >= 4 is 17.5 Å². The van der Waals surface area contributed by atoms with Crippen LogP contribution >= 0.6 is 0 Å². The van der Waals surface area contributed by atoms with Gasteiger partial charge < -0.3 is 15.4 Å². The first-order chi connectivity index (χ1) is 10.2. The van der Waals surface area contributed by atoms with Gasteiger partial charge in [-0.25, -0.2) is 8.78 Å². The number of benzene rings is 1. The molecule has 1 aromatic rings. The molecule has 1 aliphatic carbocycles. The molecule has 5 nitrogen and oxygen atoms in total. The van der Waals surface area contributed by atoms with Crippen molar-refractivity contribution in [3.05, 3.63) is 29.8 Å². The molecule has 7 heteroatoms. The number of carbonyl (C=O) groups excluding carboxylic acids is 2. The molecule has 2 amide bonds. The lowest BCUT2D eigenvalue weighted by Gasteiger charge is -2.43. The van der Waals surface area contributed by atoms with Crippen LogP contribution in [0.3, 0.4) is 0 Å². The molecule has 2 heterocycles. The number of hydrogen-bond donors (Lipinski definition) is 2. The van der Waals surface area contributed by atoms with Crippen LogP contribution in [0.4, 0.5) is 14.5 Å². The molecular weight excluding hydrogens is 294 g/mol. The minimum Gasteiger partial charge on any atom is -0.370 e. The van der Waals surface area contributed by atoms with Crippen molar-refractivity contribution in [2.24, 2.45) is 0 Å². The SMILES string of the molecule is CC1OC2(C)CC1(NC(=O)C(=O)Nc1cccc(F)c1F)C2. The molecule has 1 saturated carbocycles. The van der Waals surface area contributed by atoms with Crippen molar-refractivity contribution in [3.8, 4) is 0 Å². The van der Waals surface area contributed by atoms with Gasteiger partial charge in [-0.3, -0.25) is 9.59 Å². The first kappa shape index (κ1) is 14.9. The van der Waals surface area contributed by atoms with Crippen LogP contribution in [0, 0.1) is 11.6 Å². The maximum absolute atomic E-state index is 13.5. The van der Waals surface area contributed by atoms with Gasteiger partial charge in [-0.05, 0) is 26.0 Å². The Morgan fingerprint density at radius 2 is 1.95 bits per heavy atom. The summed E-state index contributed by atoms with van der Waals surface area (Å²) in [6.45, 7) is 3.78. The molecule has 2 aliphatic heterocycles. The summed E-state index contributed by atoms with van der Waals surface area (Å²) in [5, 5.41) is 4.73. The van der Waals surface area contributed by atoms with Crippen molar-refractivity contribution in [2.45, 2.75) is 43.9 Å². The van der Waals surface area contributed by atoms with Gasteiger partial charge >= 0.3 is 11.8 Å². The van der Waals surface area contributed by atoms with E-state index in [4.69, 9.17) is 4.74 Å². The zero-order valence-electron chi connectivity index (χ0n) is 12.2. The number of amides is 2. The Morgan fingerprint density at radius 3 is 2.55 bits per heavy atom. The third-order valence-electron chi connectivity index (χ3n) is 4.39. The van der Waals surface area contributed by atoms with E-state index < -0.39 is 29.0 Å². The van der Waals surface area contributed by atoms with Gasteiger partial charge in [-0.2, -0.15) is 0 Å². The fourth-order valence-electron chi connectivity index (χ4n) is 3.45. The van der Waals surface area contributed by atoms with Gasteiger partial charge in [0.25, 0.3) is 0 Å². The molecule has 2 bridgehead atoms. The third-order valence-corrected chi connectivity index (χ3v) is 4.39. The number of fused-ring (bicyclic) bond motifs is 1. The highest BCUT2D eigenvalue weighted by molar-refractivity contribution is 6.39. The van der Waals surface area contributed by atoms with E-state index in [2.05, 4.69) is 10.6 Å². The van der Waals surface area contributed by atoms with Gasteiger partial charge in [-0.1, -0.05) is 6.07 Å². The van der Waals surface area contributed by atoms with E-state index in [1.165, 1.54) is 12.1 Å². The van der Waals surface area contributed by atoms with Gasteiger partial charge in [0, 0.05) is 12.8 Å². The summed E-state index contributed by atoms with van der Waals surface area (Å²) in [4.78, 5) is 23.8. The summed E-state index contributed by atoms with van der Waals surface area (Å²) in [7, 11) is 0. The highest BCUT2D eigenvalue weighted by atomic mass is 19.2. The normalized spacial score (nSPS) is 32.3. The van der Waals surface area contributed by atoms with Crippen LogP contribution in [0.15, 0.2) is 18.2 Å². The standard InChI is InChI=1S/C15H16F2N2O3/c1-8-15(6-14(2,7-15)22-8)19-13(21)12(20)18-10-5-3-4-9(16)11(10)17/h3-5,8H,6-7H2,1-2H3,(H,18,20)(H,19,21). The average Bonchev–Trinajstić information content (AvgIpc) is 2.79. The fourth-order valence-corrected chi connectivity index (χ4v) is 3.45. The highest BCUT2D eigenvalue weighted by Crippen LogP contribution is 2.54. The molecule has 22 heavy (non-hydrogen) atoms. The van der Waals surface area contributed by atoms with Gasteiger partial charge in [0.15, 0.2) is 11.6 Å². The van der Waals surface area contributed by atoms with Crippen molar-refractivity contribution in [1.29, 1.82) is 0 Å². The zero-order valence-corrected chi connectivity index (χ0v) is 12.2. The third kappa shape index (κ3) is 2.25. The van der Waals surface area contributed by atoms with E-state index in [9.17, 15) is 18.4 Å². The van der Waals surface area contributed by atoms with Gasteiger partial charge in [0.05, 0.1) is 22.9 Å². The van der Waals surface area contributed by atoms with E-state index in [-0.39, 0.29) is 17.4 Å². The fraction of sp³-hybridized carbons (Fsp3) is 0.467. The van der Waals surface area contributed by atoms with Crippen molar-refractivity contribution < 1.29 is 23.1 Å². The van der Waals surface area contributed by atoms with Crippen molar-refractivity contribution in [1.82, 2.24) is 5.32 Å². The first-order valence-corrected chi connectivity index (χ1v) is 7.00. The predicted molar refractivity (Wildman–Crippen MR) is 74.0 cm³/mol. The maximum atomic E-state index is 13.5. The van der Waals surface area contributed by atoms with Gasteiger partial charge in [-0.15, -0.1) is 0 Å². The van der Waals surface area contributed by atoms with E-state index in [1.54, 1.807) is 0 Å². The van der Waals surface area contributed by atoms with Crippen LogP contribution in [0.1, 0.15) is 26.7 Å². The molecule has 0 radical (unpaired) electrons. The molecule has 0 aromatic heterocycles. The quantitative estimate of drug-likeness (QED) is 0.818. The van der Waals surface area contributed by atoms with Gasteiger partial charge in [0.1, 0.15) is 0 Å². The highest BCUT2D eigenvalue weighted by Gasteiger charge is 2.64. The molecule has 1 aromatic carbocycles. The Labute approximate surface area is 126 Å². The number of carbonyl (C=O) groups is 2. The second-order valence-corrected chi connectivity index (χ2v) is 6.23. The summed E-state index contributed by atoms with van der Waals surface area (Å²) < 4.78 is 32.3. The lowest BCUT2D eigenvalue weighted by molar-refractivity contribution is -0.138. The molecule has 118 valence electrons. The average molecular weight is 310 g/mol. The summed E-state index contributed by atoms with van der Waals surface area (Å²) >= 11 is 0. The monoisotopic (exact) mass is 310 g/mol. The number of halogens is 2. The van der Waals surface area contributed by atoms with E-state index in [1.807, 2.05) is 13.8 Å². The molecule has 3 aliphatic rings. The van der Waals surface area contributed by atoms with E-state index in [0.717, 1.165) is 6.07 Å². The Hall–Kier alpha value is -2.02. The van der Waals surface area contributed by atoms with Crippen molar-refractivity contribution in [2.75, 3.05) is 5.32 Å². The topological polar surface area (TPSA) is 67.4 Å². The Morgan fingerprint density at radius 1 is 1.27 bits per heavy atom. The van der Waals surface area contributed by atoms with E-state index in [0.29, 0.717) is 12.8 Å². The summed E-state index contributed by atoms with van der Waals surface area (Å²) in [6.07, 6.45) is 1.07. The summed E-state index contributed by atoms with van der Waals surface area (Å²) in [5.74, 6) is -4.21. The van der Waals surface area contributed by atoms with Crippen LogP contribution in [0.2, 0.25) is 0 Å². The molecule has 0 spiro atoms. The summed E-state index contributed by atoms with van der Waals surface area (Å²) in [6, 6.07) is 3.36. The largest absolute Gasteiger partial charge is 0.370 e. The van der Waals surface area contributed by atoms with Crippen molar-refractivity contribution in [3.63, 3.8) is 0 Å². The molecular formula is C15H16F2N2O3. The first-order valence-electron chi connectivity index (χ1n) is 7.00. The molecule has 3 fully saturated rings. The lowest BCUT2D eigenvalue weighted by atomic mass is 9.67. The molecule has 2 saturated heterocycles. The Bertz CT molecular complexity index is 656. The minimum atomic E-state index is -1.20. The molecule has 4 rings (SSSR count). The predicted octanol–water partition coefficient (Wildman–Crippen LogP) is 1.73. The number of nitrogens with one attached hydrogen (secondary N) is 2. The van der Waals surface area contributed by atoms with E-state index >= 15 is 0 Å². The second kappa shape index (κ2) is 4.74. The van der Waals surface area contributed by atoms with Crippen LogP contribution in [-0.2, 0) is 14.3 Å². The Balaban J connectivity index is 1.66. The molecule has 2 N–H and O–H groups in total. The summed E-state index contributed by atoms with van der Waals surface area (Å²) in [5.41, 5.74) is -1.17. The van der Waals surface area contributed by atoms with Gasteiger partial charge in [0.2, 0.25) is 0 Å². The number of hydrogen-bond acceptors (Lipinski definition) is 3. The number of ether oxygens (including phenoxy) is 1. The number of rotatable bonds is 2. The van der Waals surface area contributed by atoms with Crippen LogP contribution in [-0.4, -0.2) is 29.1 Å². The van der Waals surface area contributed by atoms with Crippen LogP contribution < -0.4 is 10.6 Å². The van der Waals surface area contributed by atoms with Crippen LogP contribution in [0.5, 0.6) is 0 Å². The maximum Gasteiger partial charge on any atom is 0.313 e. The smallest absolute Gasteiger partial charge is 0.313 e. The van der Waals surface area contributed by atoms with Crippen LogP contribution in [0.25, 0.3) is 0 Å². The molecule has 1 atom stereocenters. The Kier molecular flexibility index (Phi) is 3.21. The molecule has 1 unspecified atom stereocenters. The second-order valence-electron chi connectivity index (χ2n) is 6.23.